The first kappa shape index (κ1) is 19.6. The minimum absolute atomic E-state index is 0.0798. The number of nitrogens with zero attached hydrogens (tertiary/aromatic N) is 2. The van der Waals surface area contributed by atoms with Crippen LogP contribution in [0.3, 0.4) is 0 Å². The van der Waals surface area contributed by atoms with Crippen molar-refractivity contribution < 1.29 is 22.7 Å². The third-order valence-electron chi connectivity index (χ3n) is 4.67. The summed E-state index contributed by atoms with van der Waals surface area (Å²) in [6, 6.07) is 0. The molecule has 2 unspecified atom stereocenters. The number of carbonyl (C=O) groups excluding carboxylic acids is 1. The SMILES string of the molecule is Cc1nc(C(=O)NC2=CC=C(F)C([C@]3(C(F)F)COCC(N)=N3)C2C)cs1. The molecule has 27 heavy (non-hydrogen) atoms. The van der Waals surface area contributed by atoms with Gasteiger partial charge >= 0.3 is 0 Å². The van der Waals surface area contributed by atoms with Gasteiger partial charge in [-0.15, -0.1) is 11.3 Å². The van der Waals surface area contributed by atoms with Crippen LogP contribution in [0, 0.1) is 18.8 Å². The van der Waals surface area contributed by atoms with Gasteiger partial charge in [0.05, 0.1) is 17.5 Å². The Balaban J connectivity index is 1.90. The topological polar surface area (TPSA) is 89.6 Å². The van der Waals surface area contributed by atoms with Gasteiger partial charge in [0.15, 0.2) is 5.54 Å². The van der Waals surface area contributed by atoms with Crippen molar-refractivity contribution in [2.24, 2.45) is 22.6 Å². The number of aryl methyl sites for hydroxylation is 1. The third-order valence-corrected chi connectivity index (χ3v) is 5.44. The number of alkyl halides is 2. The second-order valence-electron chi connectivity index (χ2n) is 6.53. The molecule has 10 heteroatoms. The van der Waals surface area contributed by atoms with Gasteiger partial charge in [-0.05, 0) is 19.1 Å². The number of aliphatic imine (C=N–C) groups is 1. The van der Waals surface area contributed by atoms with Crippen LogP contribution in [-0.4, -0.2) is 41.9 Å². The number of hydrogen-bond donors (Lipinski definition) is 2. The van der Waals surface area contributed by atoms with E-state index in [0.29, 0.717) is 5.70 Å². The van der Waals surface area contributed by atoms with E-state index in [4.69, 9.17) is 10.5 Å². The smallest absolute Gasteiger partial charge is 0.274 e. The van der Waals surface area contributed by atoms with Gasteiger partial charge in [-0.25, -0.2) is 18.2 Å². The second kappa shape index (κ2) is 7.43. The van der Waals surface area contributed by atoms with Gasteiger partial charge in [-0.2, -0.15) is 0 Å². The summed E-state index contributed by atoms with van der Waals surface area (Å²) in [6.45, 7) is 2.77. The number of rotatable bonds is 4. The molecular formula is C17H19F3N4O2S. The Morgan fingerprint density at radius 3 is 2.81 bits per heavy atom. The molecule has 2 aliphatic rings. The molecule has 0 fully saturated rings. The van der Waals surface area contributed by atoms with Crippen LogP contribution in [-0.2, 0) is 4.74 Å². The average Bonchev–Trinajstić information content (AvgIpc) is 3.04. The van der Waals surface area contributed by atoms with Gasteiger partial charge in [0.1, 0.15) is 24.0 Å². The first-order chi connectivity index (χ1) is 12.7. The highest BCUT2D eigenvalue weighted by atomic mass is 32.1. The zero-order valence-corrected chi connectivity index (χ0v) is 15.5. The lowest BCUT2D eigenvalue weighted by Gasteiger charge is -2.42. The predicted octanol–water partition coefficient (Wildman–Crippen LogP) is 2.58. The molecule has 1 aliphatic heterocycles. The Bertz CT molecular complexity index is 836. The van der Waals surface area contributed by atoms with E-state index in [1.165, 1.54) is 17.4 Å². The van der Waals surface area contributed by atoms with Crippen LogP contribution >= 0.6 is 11.3 Å². The van der Waals surface area contributed by atoms with E-state index in [9.17, 15) is 18.0 Å². The van der Waals surface area contributed by atoms with Gasteiger partial charge in [0, 0.05) is 17.0 Å². The molecule has 0 radical (unpaired) electrons. The van der Waals surface area contributed by atoms with Crippen LogP contribution in [0.1, 0.15) is 22.4 Å². The lowest BCUT2D eigenvalue weighted by atomic mass is 9.72. The summed E-state index contributed by atoms with van der Waals surface area (Å²) < 4.78 is 47.8. The summed E-state index contributed by atoms with van der Waals surface area (Å²) in [5.74, 6) is -3.47. The molecule has 1 aromatic heterocycles. The number of hydrogen-bond acceptors (Lipinski definition) is 6. The van der Waals surface area contributed by atoms with Crippen LogP contribution in [0.4, 0.5) is 13.2 Å². The van der Waals surface area contributed by atoms with Gasteiger partial charge in [0.25, 0.3) is 12.3 Å². The highest BCUT2D eigenvalue weighted by Crippen LogP contribution is 2.45. The molecule has 0 saturated heterocycles. The monoisotopic (exact) mass is 400 g/mol. The van der Waals surface area contributed by atoms with Crippen molar-refractivity contribution in [1.82, 2.24) is 10.3 Å². The summed E-state index contributed by atoms with van der Waals surface area (Å²) in [6.07, 6.45) is -0.570. The largest absolute Gasteiger partial charge is 0.386 e. The summed E-state index contributed by atoms with van der Waals surface area (Å²) in [7, 11) is 0. The lowest BCUT2D eigenvalue weighted by molar-refractivity contribution is -0.0461. The fraction of sp³-hybridized carbons (Fsp3) is 0.471. The Morgan fingerprint density at radius 1 is 1.48 bits per heavy atom. The summed E-state index contributed by atoms with van der Waals surface area (Å²) in [5.41, 5.74) is 3.96. The molecule has 146 valence electrons. The van der Waals surface area contributed by atoms with Crippen molar-refractivity contribution in [2.45, 2.75) is 25.8 Å². The van der Waals surface area contributed by atoms with Crippen molar-refractivity contribution in [2.75, 3.05) is 13.2 Å². The number of thiazole rings is 1. The number of ether oxygens (including phenoxy) is 1. The number of halogens is 3. The Kier molecular flexibility index (Phi) is 5.38. The van der Waals surface area contributed by atoms with Crippen molar-refractivity contribution in [3.05, 3.63) is 39.8 Å². The maximum atomic E-state index is 14.6. The minimum atomic E-state index is -3.00. The van der Waals surface area contributed by atoms with Crippen molar-refractivity contribution in [3.63, 3.8) is 0 Å². The van der Waals surface area contributed by atoms with Gasteiger partial charge in [-0.1, -0.05) is 6.92 Å². The maximum Gasteiger partial charge on any atom is 0.274 e. The van der Waals surface area contributed by atoms with Crippen LogP contribution in [0.25, 0.3) is 0 Å². The molecule has 1 amide bonds. The second-order valence-corrected chi connectivity index (χ2v) is 7.60. The Hall–Kier alpha value is -2.20. The van der Waals surface area contributed by atoms with Crippen molar-refractivity contribution in [3.8, 4) is 0 Å². The highest BCUT2D eigenvalue weighted by Gasteiger charge is 2.54. The van der Waals surface area contributed by atoms with Crippen molar-refractivity contribution >= 4 is 23.1 Å². The summed E-state index contributed by atoms with van der Waals surface area (Å²) >= 11 is 1.31. The zero-order chi connectivity index (χ0) is 19.8. The number of allylic oxidation sites excluding steroid dienone is 3. The van der Waals surface area contributed by atoms with E-state index < -0.39 is 42.1 Å². The fourth-order valence-electron chi connectivity index (χ4n) is 3.39. The highest BCUT2D eigenvalue weighted by molar-refractivity contribution is 7.09. The van der Waals surface area contributed by atoms with Gasteiger partial charge in [0.2, 0.25) is 0 Å². The Morgan fingerprint density at radius 2 is 2.22 bits per heavy atom. The number of amides is 1. The summed E-state index contributed by atoms with van der Waals surface area (Å²) in [5, 5.41) is 4.95. The quantitative estimate of drug-likeness (QED) is 0.813. The maximum absolute atomic E-state index is 14.6. The number of amidine groups is 1. The number of aromatic nitrogens is 1. The molecule has 1 aromatic rings. The molecule has 1 aliphatic carbocycles. The van der Waals surface area contributed by atoms with Crippen LogP contribution in [0.5, 0.6) is 0 Å². The standard InChI is InChI=1S/C17H19F3N4O2S/c1-8-11(23-15(25)12-6-27-9(2)22-12)4-3-10(18)14(8)17(16(19)20)7-26-5-13(21)24-17/h3-4,6,8,14,16H,5,7H2,1-2H3,(H2,21,24)(H,23,25)/t8?,14?,17-/m0/s1. The Labute approximate surface area is 158 Å². The predicted molar refractivity (Wildman–Crippen MR) is 95.4 cm³/mol. The first-order valence-electron chi connectivity index (χ1n) is 8.25. The van der Waals surface area contributed by atoms with Gasteiger partial charge < -0.3 is 15.8 Å². The van der Waals surface area contributed by atoms with Gasteiger partial charge in [-0.3, -0.25) is 9.79 Å². The molecule has 0 bridgehead atoms. The number of nitrogens with one attached hydrogen (secondary N) is 1. The average molecular weight is 400 g/mol. The van der Waals surface area contributed by atoms with E-state index in [1.807, 2.05) is 0 Å². The third kappa shape index (κ3) is 3.63. The van der Waals surface area contributed by atoms with E-state index in [1.54, 1.807) is 19.2 Å². The molecule has 3 N–H and O–H groups in total. The van der Waals surface area contributed by atoms with E-state index in [2.05, 4.69) is 15.3 Å². The first-order valence-corrected chi connectivity index (χ1v) is 9.13. The lowest BCUT2D eigenvalue weighted by Crippen LogP contribution is -2.55. The molecule has 3 rings (SSSR count). The number of carbonyl (C=O) groups is 1. The van der Waals surface area contributed by atoms with Crippen LogP contribution in [0.2, 0.25) is 0 Å². The van der Waals surface area contributed by atoms with E-state index in [-0.39, 0.29) is 18.1 Å². The van der Waals surface area contributed by atoms with Crippen LogP contribution in [0.15, 0.2) is 34.0 Å². The summed E-state index contributed by atoms with van der Waals surface area (Å²) in [4.78, 5) is 20.3. The van der Waals surface area contributed by atoms with Crippen molar-refractivity contribution in [1.29, 1.82) is 0 Å². The number of nitrogens with two attached hydrogens (primary N) is 1. The molecule has 6 nitrogen and oxygen atoms in total. The normalized spacial score (nSPS) is 28.4. The van der Waals surface area contributed by atoms with E-state index >= 15 is 0 Å². The van der Waals surface area contributed by atoms with Crippen LogP contribution < -0.4 is 11.1 Å². The molecule has 3 atom stereocenters. The molecular weight excluding hydrogens is 381 g/mol. The van der Waals surface area contributed by atoms with E-state index in [0.717, 1.165) is 11.1 Å². The molecule has 0 spiro atoms. The molecule has 2 heterocycles. The zero-order valence-electron chi connectivity index (χ0n) is 14.7. The molecule has 0 aromatic carbocycles. The minimum Gasteiger partial charge on any atom is -0.386 e. The molecule has 0 saturated carbocycles. The fourth-order valence-corrected chi connectivity index (χ4v) is 3.98.